The standard InChI is InChI=1S/C10H18N4/c1-4-14(5-2)10-6-9(7-11-3)12-8-13-10/h6,8,11H,4-5,7H2,1-3H3. The Labute approximate surface area is 85.4 Å². The van der Waals surface area contributed by atoms with Gasteiger partial charge in [0.05, 0.1) is 5.69 Å². The third-order valence-electron chi connectivity index (χ3n) is 2.15. The van der Waals surface area contributed by atoms with Gasteiger partial charge in [-0.15, -0.1) is 0 Å². The molecule has 0 saturated heterocycles. The van der Waals surface area contributed by atoms with E-state index in [1.807, 2.05) is 13.1 Å². The predicted molar refractivity (Wildman–Crippen MR) is 58.4 cm³/mol. The lowest BCUT2D eigenvalue weighted by Gasteiger charge is -2.19. The SMILES string of the molecule is CCN(CC)c1cc(CNC)ncn1. The van der Waals surface area contributed by atoms with Crippen LogP contribution in [0.15, 0.2) is 12.4 Å². The molecule has 1 rings (SSSR count). The Morgan fingerprint density at radius 1 is 1.29 bits per heavy atom. The first-order chi connectivity index (χ1) is 6.81. The Kier molecular flexibility index (Phi) is 4.32. The second kappa shape index (κ2) is 5.54. The molecule has 0 aliphatic heterocycles. The Morgan fingerprint density at radius 2 is 2.00 bits per heavy atom. The van der Waals surface area contributed by atoms with Crippen molar-refractivity contribution < 1.29 is 0 Å². The minimum absolute atomic E-state index is 0.788. The summed E-state index contributed by atoms with van der Waals surface area (Å²) in [6.45, 7) is 7.00. The predicted octanol–water partition coefficient (Wildman–Crippen LogP) is 1.04. The summed E-state index contributed by atoms with van der Waals surface area (Å²) in [5, 5.41) is 3.08. The lowest BCUT2D eigenvalue weighted by molar-refractivity contribution is 0.776. The Bertz CT molecular complexity index is 271. The maximum absolute atomic E-state index is 4.25. The largest absolute Gasteiger partial charge is 0.357 e. The minimum atomic E-state index is 0.788. The van der Waals surface area contributed by atoms with Crippen molar-refractivity contribution in [1.29, 1.82) is 0 Å². The maximum atomic E-state index is 4.25. The average molecular weight is 194 g/mol. The smallest absolute Gasteiger partial charge is 0.132 e. The molecule has 0 fully saturated rings. The van der Waals surface area contributed by atoms with E-state index in [0.717, 1.165) is 31.1 Å². The van der Waals surface area contributed by atoms with Crippen molar-refractivity contribution >= 4 is 5.82 Å². The van der Waals surface area contributed by atoms with E-state index in [9.17, 15) is 0 Å². The van der Waals surface area contributed by atoms with Gasteiger partial charge in [0.1, 0.15) is 12.1 Å². The van der Waals surface area contributed by atoms with Crippen molar-refractivity contribution in [2.45, 2.75) is 20.4 Å². The monoisotopic (exact) mass is 194 g/mol. The van der Waals surface area contributed by atoms with Crippen LogP contribution in [0.25, 0.3) is 0 Å². The molecule has 0 amide bonds. The van der Waals surface area contributed by atoms with E-state index in [2.05, 4.69) is 34.0 Å². The number of nitrogens with one attached hydrogen (secondary N) is 1. The Balaban J connectivity index is 2.81. The minimum Gasteiger partial charge on any atom is -0.357 e. The van der Waals surface area contributed by atoms with Gasteiger partial charge in [0.2, 0.25) is 0 Å². The van der Waals surface area contributed by atoms with Crippen LogP contribution in [0.3, 0.4) is 0 Å². The van der Waals surface area contributed by atoms with Crippen LogP contribution in [-0.2, 0) is 6.54 Å². The molecule has 0 spiro atoms. The lowest BCUT2D eigenvalue weighted by Crippen LogP contribution is -2.23. The zero-order valence-corrected chi connectivity index (χ0v) is 9.12. The van der Waals surface area contributed by atoms with Crippen LogP contribution in [0.4, 0.5) is 5.82 Å². The Morgan fingerprint density at radius 3 is 2.57 bits per heavy atom. The van der Waals surface area contributed by atoms with Crippen LogP contribution in [0.1, 0.15) is 19.5 Å². The lowest BCUT2D eigenvalue weighted by atomic mass is 10.3. The molecule has 0 radical (unpaired) electrons. The molecule has 1 aromatic rings. The summed E-state index contributed by atoms with van der Waals surface area (Å²) >= 11 is 0. The first-order valence-corrected chi connectivity index (χ1v) is 5.02. The van der Waals surface area contributed by atoms with Crippen LogP contribution in [0, 0.1) is 0 Å². The second-order valence-electron chi connectivity index (χ2n) is 3.07. The summed E-state index contributed by atoms with van der Waals surface area (Å²) in [6, 6.07) is 2.03. The highest BCUT2D eigenvalue weighted by Crippen LogP contribution is 2.09. The highest BCUT2D eigenvalue weighted by molar-refractivity contribution is 5.38. The molecule has 4 heteroatoms. The first-order valence-electron chi connectivity index (χ1n) is 5.02. The van der Waals surface area contributed by atoms with Gasteiger partial charge in [-0.3, -0.25) is 0 Å². The molecule has 0 unspecified atom stereocenters. The molecule has 0 saturated carbocycles. The van der Waals surface area contributed by atoms with Gasteiger partial charge in [0.15, 0.2) is 0 Å². The molecule has 78 valence electrons. The van der Waals surface area contributed by atoms with Crippen molar-refractivity contribution in [3.05, 3.63) is 18.1 Å². The summed E-state index contributed by atoms with van der Waals surface area (Å²) < 4.78 is 0. The van der Waals surface area contributed by atoms with E-state index in [-0.39, 0.29) is 0 Å². The highest BCUT2D eigenvalue weighted by atomic mass is 15.2. The van der Waals surface area contributed by atoms with E-state index in [4.69, 9.17) is 0 Å². The summed E-state index contributed by atoms with van der Waals surface area (Å²) in [7, 11) is 1.92. The number of rotatable bonds is 5. The zero-order chi connectivity index (χ0) is 10.4. The molecule has 0 aliphatic carbocycles. The van der Waals surface area contributed by atoms with Crippen molar-refractivity contribution in [1.82, 2.24) is 15.3 Å². The van der Waals surface area contributed by atoms with Crippen LogP contribution < -0.4 is 10.2 Å². The highest BCUT2D eigenvalue weighted by Gasteiger charge is 2.03. The summed E-state index contributed by atoms with van der Waals surface area (Å²) in [6.07, 6.45) is 1.63. The van der Waals surface area contributed by atoms with Crippen LogP contribution in [0.2, 0.25) is 0 Å². The number of hydrogen-bond acceptors (Lipinski definition) is 4. The van der Waals surface area contributed by atoms with E-state index in [0.29, 0.717) is 0 Å². The fourth-order valence-electron chi connectivity index (χ4n) is 1.38. The molecule has 1 N–H and O–H groups in total. The molecule has 14 heavy (non-hydrogen) atoms. The third kappa shape index (κ3) is 2.67. The summed E-state index contributed by atoms with van der Waals surface area (Å²) in [5.41, 5.74) is 1.03. The molecule has 0 bridgehead atoms. The zero-order valence-electron chi connectivity index (χ0n) is 9.12. The van der Waals surface area contributed by atoms with Crippen molar-refractivity contribution in [3.63, 3.8) is 0 Å². The molecule has 0 aromatic carbocycles. The molecule has 1 heterocycles. The van der Waals surface area contributed by atoms with Crippen LogP contribution in [0.5, 0.6) is 0 Å². The fraction of sp³-hybridized carbons (Fsp3) is 0.600. The molecule has 0 aliphatic rings. The number of hydrogen-bond donors (Lipinski definition) is 1. The van der Waals surface area contributed by atoms with Gasteiger partial charge in [-0.25, -0.2) is 9.97 Å². The van der Waals surface area contributed by atoms with E-state index in [1.165, 1.54) is 0 Å². The number of aromatic nitrogens is 2. The fourth-order valence-corrected chi connectivity index (χ4v) is 1.38. The average Bonchev–Trinajstić information content (AvgIpc) is 2.21. The van der Waals surface area contributed by atoms with Gasteiger partial charge >= 0.3 is 0 Å². The van der Waals surface area contributed by atoms with E-state index < -0.39 is 0 Å². The van der Waals surface area contributed by atoms with Gasteiger partial charge in [0.25, 0.3) is 0 Å². The van der Waals surface area contributed by atoms with Crippen molar-refractivity contribution in [2.24, 2.45) is 0 Å². The van der Waals surface area contributed by atoms with Gasteiger partial charge in [-0.05, 0) is 20.9 Å². The Hall–Kier alpha value is -1.16. The summed E-state index contributed by atoms with van der Waals surface area (Å²) in [4.78, 5) is 10.6. The van der Waals surface area contributed by atoms with E-state index >= 15 is 0 Å². The maximum Gasteiger partial charge on any atom is 0.132 e. The van der Waals surface area contributed by atoms with Gasteiger partial charge in [0, 0.05) is 25.7 Å². The van der Waals surface area contributed by atoms with Gasteiger partial charge in [-0.1, -0.05) is 0 Å². The van der Waals surface area contributed by atoms with Crippen LogP contribution in [-0.4, -0.2) is 30.1 Å². The number of nitrogens with zero attached hydrogens (tertiary/aromatic N) is 3. The number of anilines is 1. The van der Waals surface area contributed by atoms with Gasteiger partial charge in [-0.2, -0.15) is 0 Å². The molecule has 4 nitrogen and oxygen atoms in total. The topological polar surface area (TPSA) is 41.0 Å². The first kappa shape index (κ1) is 10.9. The van der Waals surface area contributed by atoms with Crippen LogP contribution >= 0.6 is 0 Å². The molecular formula is C10H18N4. The van der Waals surface area contributed by atoms with Crippen molar-refractivity contribution in [2.75, 3.05) is 25.0 Å². The normalized spacial score (nSPS) is 10.2. The third-order valence-corrected chi connectivity index (χ3v) is 2.15. The quantitative estimate of drug-likeness (QED) is 0.760. The van der Waals surface area contributed by atoms with Crippen molar-refractivity contribution in [3.8, 4) is 0 Å². The molecule has 1 aromatic heterocycles. The molecule has 0 atom stereocenters. The van der Waals surface area contributed by atoms with E-state index in [1.54, 1.807) is 6.33 Å². The summed E-state index contributed by atoms with van der Waals surface area (Å²) in [5.74, 6) is 1.01. The molecular weight excluding hydrogens is 176 g/mol. The second-order valence-corrected chi connectivity index (χ2v) is 3.07. The van der Waals surface area contributed by atoms with Gasteiger partial charge < -0.3 is 10.2 Å².